The van der Waals surface area contributed by atoms with E-state index in [1.54, 1.807) is 11.8 Å². The minimum absolute atomic E-state index is 0.132. The van der Waals surface area contributed by atoms with E-state index in [-0.39, 0.29) is 5.41 Å². The van der Waals surface area contributed by atoms with Crippen molar-refractivity contribution >= 4 is 11.8 Å². The minimum atomic E-state index is -0.504. The number of nitrogens with one attached hydrogen (secondary N) is 1. The monoisotopic (exact) mass is 392 g/mol. The van der Waals surface area contributed by atoms with Crippen molar-refractivity contribution in [1.29, 1.82) is 10.5 Å². The summed E-state index contributed by atoms with van der Waals surface area (Å²) in [5, 5.41) is 23.6. The van der Waals surface area contributed by atoms with E-state index in [1.165, 1.54) is 11.1 Å². The number of benzene rings is 1. The standard InChI is InChI=1S/C23H28N4S/c1-22(2,3)17-9-7-16(8-10-17)15-28-21-19(14-25)23(11-5-4-6-12-23)18(13-24)20(26)27-21/h7-10,27H,4-6,11-12,15,26H2,1-3H3. The van der Waals surface area contributed by atoms with Gasteiger partial charge in [0.1, 0.15) is 5.82 Å². The van der Waals surface area contributed by atoms with Gasteiger partial charge in [-0.2, -0.15) is 10.5 Å². The predicted molar refractivity (Wildman–Crippen MR) is 115 cm³/mol. The molecule has 1 saturated carbocycles. The first-order valence-electron chi connectivity index (χ1n) is 9.86. The number of nitriles is 2. The highest BCUT2D eigenvalue weighted by atomic mass is 32.2. The Labute approximate surface area is 172 Å². The molecule has 4 nitrogen and oxygen atoms in total. The Morgan fingerprint density at radius 1 is 1.04 bits per heavy atom. The Morgan fingerprint density at radius 2 is 1.64 bits per heavy atom. The van der Waals surface area contributed by atoms with Gasteiger partial charge in [-0.3, -0.25) is 0 Å². The highest BCUT2D eigenvalue weighted by Gasteiger charge is 2.45. The topological polar surface area (TPSA) is 85.6 Å². The molecule has 0 amide bonds. The molecular weight excluding hydrogens is 364 g/mol. The van der Waals surface area contributed by atoms with E-state index < -0.39 is 5.41 Å². The highest BCUT2D eigenvalue weighted by Crippen LogP contribution is 2.52. The Bertz CT molecular complexity index is 883. The van der Waals surface area contributed by atoms with Gasteiger partial charge >= 0.3 is 0 Å². The number of hydrogen-bond donors (Lipinski definition) is 2. The summed E-state index contributed by atoms with van der Waals surface area (Å²) in [4.78, 5) is 0. The van der Waals surface area contributed by atoms with Crippen molar-refractivity contribution in [1.82, 2.24) is 5.32 Å². The molecule has 146 valence electrons. The second-order valence-corrected chi connectivity index (χ2v) is 9.71. The predicted octanol–water partition coefficient (Wildman–Crippen LogP) is 5.20. The van der Waals surface area contributed by atoms with Gasteiger partial charge in [-0.05, 0) is 29.4 Å². The average molecular weight is 393 g/mol. The molecule has 3 rings (SSSR count). The lowest BCUT2D eigenvalue weighted by Gasteiger charge is -2.41. The summed E-state index contributed by atoms with van der Waals surface area (Å²) in [5.74, 6) is 1.16. The number of dihydropyridines is 1. The van der Waals surface area contributed by atoms with Gasteiger partial charge in [0.2, 0.25) is 0 Å². The van der Waals surface area contributed by atoms with Gasteiger partial charge in [-0.1, -0.05) is 64.3 Å². The number of nitrogens with two attached hydrogens (primary N) is 1. The molecule has 0 saturated heterocycles. The summed E-state index contributed by atoms with van der Waals surface area (Å²) >= 11 is 1.60. The fourth-order valence-corrected chi connectivity index (χ4v) is 5.26. The molecule has 3 N–H and O–H groups in total. The Morgan fingerprint density at radius 3 is 2.18 bits per heavy atom. The van der Waals surface area contributed by atoms with Crippen LogP contribution in [0.1, 0.15) is 64.0 Å². The molecule has 1 aromatic carbocycles. The van der Waals surface area contributed by atoms with E-state index in [1.807, 2.05) is 0 Å². The van der Waals surface area contributed by atoms with Gasteiger partial charge < -0.3 is 11.1 Å². The van der Waals surface area contributed by atoms with Crippen molar-refractivity contribution in [2.24, 2.45) is 11.1 Å². The van der Waals surface area contributed by atoms with Crippen LogP contribution in [0.4, 0.5) is 0 Å². The zero-order chi connectivity index (χ0) is 20.4. The number of thioether (sulfide) groups is 1. The molecular formula is C23H28N4S. The largest absolute Gasteiger partial charge is 0.384 e. The zero-order valence-electron chi connectivity index (χ0n) is 16.9. The third-order valence-electron chi connectivity index (χ3n) is 5.84. The number of rotatable bonds is 3. The van der Waals surface area contributed by atoms with Crippen molar-refractivity contribution in [3.05, 3.63) is 57.4 Å². The molecule has 0 radical (unpaired) electrons. The van der Waals surface area contributed by atoms with Crippen LogP contribution in [0.15, 0.2) is 46.3 Å². The second-order valence-electron chi connectivity index (χ2n) is 8.72. The summed E-state index contributed by atoms with van der Waals surface area (Å²) in [5.41, 5.74) is 9.60. The van der Waals surface area contributed by atoms with Gasteiger partial charge in [0.15, 0.2) is 0 Å². The maximum atomic E-state index is 9.97. The summed E-state index contributed by atoms with van der Waals surface area (Å²) in [7, 11) is 0. The van der Waals surface area contributed by atoms with Crippen LogP contribution in [0.5, 0.6) is 0 Å². The maximum absolute atomic E-state index is 9.97. The summed E-state index contributed by atoms with van der Waals surface area (Å²) < 4.78 is 0. The normalized spacial score (nSPS) is 19.2. The average Bonchev–Trinajstić information content (AvgIpc) is 2.67. The molecule has 0 unspecified atom stereocenters. The van der Waals surface area contributed by atoms with Crippen molar-refractivity contribution in [2.75, 3.05) is 0 Å². The lowest BCUT2D eigenvalue weighted by molar-refractivity contribution is 0.294. The first kappa shape index (κ1) is 20.4. The SMILES string of the molecule is CC(C)(C)c1ccc(CSC2=C(C#N)C3(CCCCC3)C(C#N)=C(N)N2)cc1. The van der Waals surface area contributed by atoms with Crippen LogP contribution in [0, 0.1) is 28.1 Å². The van der Waals surface area contributed by atoms with Crippen molar-refractivity contribution in [3.8, 4) is 12.1 Å². The van der Waals surface area contributed by atoms with Crippen LogP contribution in [-0.2, 0) is 11.2 Å². The van der Waals surface area contributed by atoms with Crippen LogP contribution >= 0.6 is 11.8 Å². The number of hydrogen-bond acceptors (Lipinski definition) is 5. The van der Waals surface area contributed by atoms with E-state index in [9.17, 15) is 10.5 Å². The molecule has 1 heterocycles. The zero-order valence-corrected chi connectivity index (χ0v) is 17.7. The van der Waals surface area contributed by atoms with Gasteiger partial charge in [0, 0.05) is 11.2 Å². The van der Waals surface area contributed by atoms with E-state index in [4.69, 9.17) is 5.73 Å². The van der Waals surface area contributed by atoms with Crippen molar-refractivity contribution < 1.29 is 0 Å². The number of allylic oxidation sites excluding steroid dienone is 2. The first-order valence-corrected chi connectivity index (χ1v) is 10.8. The van der Waals surface area contributed by atoms with E-state index in [2.05, 4.69) is 62.5 Å². The third kappa shape index (κ3) is 3.77. The molecule has 0 aromatic heterocycles. The Hall–Kier alpha value is -2.37. The fourth-order valence-electron chi connectivity index (χ4n) is 4.19. The molecule has 1 aliphatic heterocycles. The molecule has 0 bridgehead atoms. The van der Waals surface area contributed by atoms with Crippen LogP contribution in [0.2, 0.25) is 0 Å². The van der Waals surface area contributed by atoms with Gasteiger partial charge in [0.05, 0.1) is 28.3 Å². The minimum Gasteiger partial charge on any atom is -0.384 e. The van der Waals surface area contributed by atoms with Crippen molar-refractivity contribution in [3.63, 3.8) is 0 Å². The summed E-state index contributed by atoms with van der Waals surface area (Å²) in [6.45, 7) is 6.62. The molecule has 1 fully saturated rings. The lowest BCUT2D eigenvalue weighted by Crippen LogP contribution is -2.39. The fraction of sp³-hybridized carbons (Fsp3) is 0.478. The Balaban J connectivity index is 1.86. The molecule has 1 spiro atoms. The molecule has 28 heavy (non-hydrogen) atoms. The van der Waals surface area contributed by atoms with Crippen LogP contribution < -0.4 is 11.1 Å². The highest BCUT2D eigenvalue weighted by molar-refractivity contribution is 8.02. The molecule has 5 heteroatoms. The smallest absolute Gasteiger partial charge is 0.116 e. The van der Waals surface area contributed by atoms with E-state index in [0.29, 0.717) is 17.0 Å². The van der Waals surface area contributed by atoms with Crippen LogP contribution in [0.25, 0.3) is 0 Å². The van der Waals surface area contributed by atoms with E-state index >= 15 is 0 Å². The van der Waals surface area contributed by atoms with Gasteiger partial charge in [-0.15, -0.1) is 11.8 Å². The van der Waals surface area contributed by atoms with Gasteiger partial charge in [0.25, 0.3) is 0 Å². The molecule has 1 aliphatic carbocycles. The van der Waals surface area contributed by atoms with Crippen molar-refractivity contribution in [2.45, 2.75) is 64.0 Å². The van der Waals surface area contributed by atoms with Gasteiger partial charge in [-0.25, -0.2) is 0 Å². The Kier molecular flexibility index (Phi) is 5.77. The summed E-state index contributed by atoms with van der Waals surface area (Å²) in [6.07, 6.45) is 4.85. The quantitative estimate of drug-likeness (QED) is 0.738. The van der Waals surface area contributed by atoms with Crippen LogP contribution in [0.3, 0.4) is 0 Å². The third-order valence-corrected chi connectivity index (χ3v) is 6.91. The lowest BCUT2D eigenvalue weighted by atomic mass is 9.64. The van der Waals surface area contributed by atoms with Crippen LogP contribution in [-0.4, -0.2) is 0 Å². The number of nitrogens with zero attached hydrogens (tertiary/aromatic N) is 2. The molecule has 2 aliphatic rings. The first-order chi connectivity index (χ1) is 13.3. The second kappa shape index (κ2) is 7.94. The molecule has 1 aromatic rings. The summed E-state index contributed by atoms with van der Waals surface area (Å²) in [6, 6.07) is 13.4. The molecule has 0 atom stereocenters. The van der Waals surface area contributed by atoms with E-state index in [0.717, 1.165) is 42.9 Å². The maximum Gasteiger partial charge on any atom is 0.116 e.